The Kier molecular flexibility index (Phi) is 1.28. The summed E-state index contributed by atoms with van der Waals surface area (Å²) in [7, 11) is 0. The highest BCUT2D eigenvalue weighted by Crippen LogP contribution is 2.36. The third-order valence-electron chi connectivity index (χ3n) is 3.30. The molecule has 1 amide bonds. The van der Waals surface area contributed by atoms with Crippen LogP contribution in [0.5, 0.6) is 0 Å². The molecule has 0 unspecified atom stereocenters. The zero-order valence-corrected chi connectivity index (χ0v) is 7.03. The molecule has 3 aliphatic heterocycles. The normalized spacial score (nSPS) is 45.2. The summed E-state index contributed by atoms with van der Waals surface area (Å²) in [5.41, 5.74) is 0. The van der Waals surface area contributed by atoms with E-state index < -0.39 is 0 Å². The molecule has 0 N–H and O–H groups in total. The SMILES string of the molecule is O=C1CC[C@H]2CC[C@H]3O[C@H]3CN12. The highest BCUT2D eigenvalue weighted by atomic mass is 16.6. The molecule has 0 radical (unpaired) electrons. The van der Waals surface area contributed by atoms with Gasteiger partial charge in [-0.25, -0.2) is 0 Å². The lowest BCUT2D eigenvalue weighted by Gasteiger charge is -2.21. The van der Waals surface area contributed by atoms with Gasteiger partial charge in [0.1, 0.15) is 6.10 Å². The molecule has 3 aliphatic rings. The van der Waals surface area contributed by atoms with E-state index in [1.165, 1.54) is 6.42 Å². The first-order chi connectivity index (χ1) is 5.84. The molecule has 3 heterocycles. The lowest BCUT2D eigenvalue weighted by molar-refractivity contribution is -0.129. The Morgan fingerprint density at radius 2 is 2.17 bits per heavy atom. The van der Waals surface area contributed by atoms with E-state index >= 15 is 0 Å². The van der Waals surface area contributed by atoms with E-state index in [1.807, 2.05) is 4.90 Å². The van der Waals surface area contributed by atoms with Crippen molar-refractivity contribution >= 4 is 5.91 Å². The summed E-state index contributed by atoms with van der Waals surface area (Å²) in [6, 6.07) is 0.550. The number of ether oxygens (including phenoxy) is 1. The number of rotatable bonds is 0. The molecule has 3 rings (SSSR count). The van der Waals surface area contributed by atoms with Gasteiger partial charge in [0.25, 0.3) is 0 Å². The first-order valence-electron chi connectivity index (χ1n) is 4.79. The van der Waals surface area contributed by atoms with E-state index in [2.05, 4.69) is 0 Å². The van der Waals surface area contributed by atoms with Crippen LogP contribution in [0.1, 0.15) is 25.7 Å². The number of epoxide rings is 1. The molecule has 3 nitrogen and oxygen atoms in total. The Morgan fingerprint density at radius 3 is 3.08 bits per heavy atom. The predicted molar refractivity (Wildman–Crippen MR) is 42.6 cm³/mol. The first-order valence-corrected chi connectivity index (χ1v) is 4.79. The van der Waals surface area contributed by atoms with E-state index in [9.17, 15) is 4.79 Å². The molecule has 0 spiro atoms. The minimum Gasteiger partial charge on any atom is -0.368 e. The van der Waals surface area contributed by atoms with Crippen molar-refractivity contribution in [3.8, 4) is 0 Å². The monoisotopic (exact) mass is 167 g/mol. The van der Waals surface area contributed by atoms with Crippen molar-refractivity contribution < 1.29 is 9.53 Å². The second-order valence-electron chi connectivity index (χ2n) is 4.03. The van der Waals surface area contributed by atoms with E-state index in [0.29, 0.717) is 24.2 Å². The van der Waals surface area contributed by atoms with Gasteiger partial charge in [-0.2, -0.15) is 0 Å². The molecular formula is C9H13NO2. The van der Waals surface area contributed by atoms with Gasteiger partial charge >= 0.3 is 0 Å². The number of amides is 1. The second-order valence-corrected chi connectivity index (χ2v) is 4.03. The molecule has 0 aromatic heterocycles. The lowest BCUT2D eigenvalue weighted by atomic mass is 10.1. The molecule has 0 aromatic carbocycles. The molecule has 0 aliphatic carbocycles. The Labute approximate surface area is 71.7 Å². The van der Waals surface area contributed by atoms with Crippen molar-refractivity contribution in [1.29, 1.82) is 0 Å². The fourth-order valence-corrected chi connectivity index (χ4v) is 2.49. The molecule has 0 aromatic rings. The molecule has 3 atom stereocenters. The Hall–Kier alpha value is -0.570. The zero-order valence-electron chi connectivity index (χ0n) is 7.03. The summed E-state index contributed by atoms with van der Waals surface area (Å²) >= 11 is 0. The summed E-state index contributed by atoms with van der Waals surface area (Å²) in [6.07, 6.45) is 5.05. The molecule has 0 saturated carbocycles. The van der Waals surface area contributed by atoms with Crippen molar-refractivity contribution in [2.75, 3.05) is 6.54 Å². The van der Waals surface area contributed by atoms with Gasteiger partial charge in [0.2, 0.25) is 5.91 Å². The average Bonchev–Trinajstić information content (AvgIpc) is 2.71. The van der Waals surface area contributed by atoms with Crippen LogP contribution < -0.4 is 0 Å². The highest BCUT2D eigenvalue weighted by molar-refractivity contribution is 5.78. The predicted octanol–water partition coefficient (Wildman–Crippen LogP) is 0.539. The first kappa shape index (κ1) is 6.89. The summed E-state index contributed by atoms with van der Waals surface area (Å²) in [6.45, 7) is 0.869. The average molecular weight is 167 g/mol. The van der Waals surface area contributed by atoms with Gasteiger partial charge in [0.05, 0.1) is 6.10 Å². The molecule has 12 heavy (non-hydrogen) atoms. The summed E-state index contributed by atoms with van der Waals surface area (Å²) in [4.78, 5) is 13.4. The Morgan fingerprint density at radius 1 is 1.25 bits per heavy atom. The lowest BCUT2D eigenvalue weighted by Crippen LogP contribution is -2.34. The van der Waals surface area contributed by atoms with Crippen molar-refractivity contribution in [3.05, 3.63) is 0 Å². The van der Waals surface area contributed by atoms with E-state index in [4.69, 9.17) is 4.74 Å². The van der Waals surface area contributed by atoms with Crippen LogP contribution >= 0.6 is 0 Å². The van der Waals surface area contributed by atoms with Crippen LogP contribution in [0.15, 0.2) is 0 Å². The third kappa shape index (κ3) is 0.891. The number of fused-ring (bicyclic) bond motifs is 2. The maximum absolute atomic E-state index is 11.4. The Balaban J connectivity index is 1.80. The zero-order chi connectivity index (χ0) is 8.13. The third-order valence-corrected chi connectivity index (χ3v) is 3.30. The van der Waals surface area contributed by atoms with Gasteiger partial charge in [-0.05, 0) is 19.3 Å². The highest BCUT2D eigenvalue weighted by Gasteiger charge is 2.46. The minimum atomic E-state index is 0.344. The maximum Gasteiger partial charge on any atom is 0.222 e. The van der Waals surface area contributed by atoms with Crippen LogP contribution in [0.25, 0.3) is 0 Å². The minimum absolute atomic E-state index is 0.344. The molecule has 0 bridgehead atoms. The molecule has 3 heteroatoms. The van der Waals surface area contributed by atoms with Crippen LogP contribution in [0.3, 0.4) is 0 Å². The molecule has 66 valence electrons. The van der Waals surface area contributed by atoms with Crippen LogP contribution in [0.4, 0.5) is 0 Å². The second kappa shape index (κ2) is 2.22. The number of carbonyl (C=O) groups is 1. The quantitative estimate of drug-likeness (QED) is 0.493. The number of nitrogens with zero attached hydrogens (tertiary/aromatic N) is 1. The van der Waals surface area contributed by atoms with Gasteiger partial charge in [-0.3, -0.25) is 4.79 Å². The van der Waals surface area contributed by atoms with E-state index in [1.54, 1.807) is 0 Å². The van der Waals surface area contributed by atoms with Gasteiger partial charge in [0, 0.05) is 19.0 Å². The van der Waals surface area contributed by atoms with Gasteiger partial charge in [-0.1, -0.05) is 0 Å². The standard InChI is InChI=1S/C9H13NO2/c11-9-4-2-6-1-3-7-8(12-7)5-10(6)9/h6-8H,1-5H2/t6-,7-,8+/m1/s1. The van der Waals surface area contributed by atoms with Crippen molar-refractivity contribution in [2.45, 2.75) is 43.9 Å². The smallest absolute Gasteiger partial charge is 0.222 e. The van der Waals surface area contributed by atoms with Crippen LogP contribution in [0.2, 0.25) is 0 Å². The molecular weight excluding hydrogens is 154 g/mol. The molecule has 3 saturated heterocycles. The number of hydrogen-bond acceptors (Lipinski definition) is 2. The van der Waals surface area contributed by atoms with Gasteiger partial charge in [-0.15, -0.1) is 0 Å². The van der Waals surface area contributed by atoms with Gasteiger partial charge < -0.3 is 9.64 Å². The maximum atomic E-state index is 11.4. The topological polar surface area (TPSA) is 32.8 Å². The van der Waals surface area contributed by atoms with Crippen LogP contribution in [0, 0.1) is 0 Å². The van der Waals surface area contributed by atoms with Crippen LogP contribution in [-0.4, -0.2) is 35.6 Å². The van der Waals surface area contributed by atoms with Crippen LogP contribution in [-0.2, 0) is 9.53 Å². The van der Waals surface area contributed by atoms with E-state index in [0.717, 1.165) is 25.8 Å². The van der Waals surface area contributed by atoms with E-state index in [-0.39, 0.29) is 0 Å². The number of hydrogen-bond donors (Lipinski definition) is 0. The summed E-state index contributed by atoms with van der Waals surface area (Å²) < 4.78 is 5.42. The largest absolute Gasteiger partial charge is 0.368 e. The fourth-order valence-electron chi connectivity index (χ4n) is 2.49. The van der Waals surface area contributed by atoms with Crippen molar-refractivity contribution in [3.63, 3.8) is 0 Å². The van der Waals surface area contributed by atoms with Crippen molar-refractivity contribution in [1.82, 2.24) is 4.90 Å². The number of carbonyl (C=O) groups excluding carboxylic acids is 1. The molecule has 3 fully saturated rings. The van der Waals surface area contributed by atoms with Crippen molar-refractivity contribution in [2.24, 2.45) is 0 Å². The van der Waals surface area contributed by atoms with Gasteiger partial charge in [0.15, 0.2) is 0 Å². The fraction of sp³-hybridized carbons (Fsp3) is 0.889. The Bertz CT molecular complexity index is 229. The summed E-state index contributed by atoms with van der Waals surface area (Å²) in [5.74, 6) is 0.344. The summed E-state index contributed by atoms with van der Waals surface area (Å²) in [5, 5.41) is 0.